The lowest BCUT2D eigenvalue weighted by Crippen LogP contribution is -2.47. The highest BCUT2D eigenvalue weighted by Crippen LogP contribution is 2.14. The molecule has 20 heavy (non-hydrogen) atoms. The molecule has 0 aromatic heterocycles. The van der Waals surface area contributed by atoms with Gasteiger partial charge in [-0.1, -0.05) is 41.4 Å². The zero-order valence-electron chi connectivity index (χ0n) is 10.9. The van der Waals surface area contributed by atoms with Gasteiger partial charge in [-0.25, -0.2) is 0 Å². The third-order valence-corrected chi connectivity index (χ3v) is 3.74. The first-order valence-electron chi connectivity index (χ1n) is 6.51. The smallest absolute Gasteiger partial charge is 0.253 e. The second kappa shape index (κ2) is 6.95. The molecule has 1 aromatic carbocycles. The predicted molar refractivity (Wildman–Crippen MR) is 79.0 cm³/mol. The van der Waals surface area contributed by atoms with Crippen molar-refractivity contribution in [1.29, 1.82) is 0 Å². The highest BCUT2D eigenvalue weighted by Gasteiger charge is 2.25. The number of piperidine rings is 1. The van der Waals surface area contributed by atoms with Gasteiger partial charge in [-0.2, -0.15) is 0 Å². The summed E-state index contributed by atoms with van der Waals surface area (Å²) in [7, 11) is 0. The van der Waals surface area contributed by atoms with E-state index in [9.17, 15) is 9.59 Å². The van der Waals surface area contributed by atoms with Gasteiger partial charge < -0.3 is 10.2 Å². The molecule has 0 atom stereocenters. The van der Waals surface area contributed by atoms with Crippen molar-refractivity contribution in [3.8, 4) is 0 Å². The summed E-state index contributed by atoms with van der Waals surface area (Å²) in [6, 6.07) is 9.22. The molecule has 1 N–H and O–H groups in total. The van der Waals surface area contributed by atoms with Crippen molar-refractivity contribution in [3.63, 3.8) is 0 Å². The third kappa shape index (κ3) is 3.87. The van der Waals surface area contributed by atoms with Crippen molar-refractivity contribution in [2.75, 3.05) is 13.1 Å². The fourth-order valence-electron chi connectivity index (χ4n) is 2.25. The molecule has 108 valence electrons. The van der Waals surface area contributed by atoms with Gasteiger partial charge in [-0.3, -0.25) is 9.59 Å². The summed E-state index contributed by atoms with van der Waals surface area (Å²) in [5.74, 6) is -0.343. The normalized spacial score (nSPS) is 16.2. The molecule has 1 aliphatic rings. The fraction of sp³-hybridized carbons (Fsp3) is 0.429. The zero-order valence-corrected chi connectivity index (χ0v) is 12.4. The van der Waals surface area contributed by atoms with Crippen LogP contribution in [0.4, 0.5) is 0 Å². The predicted octanol–water partition coefficient (Wildman–Crippen LogP) is 2.21. The summed E-state index contributed by atoms with van der Waals surface area (Å²) in [5.41, 5.74) is 0.691. The van der Waals surface area contributed by atoms with E-state index in [1.807, 2.05) is 30.3 Å². The molecule has 1 aromatic rings. The van der Waals surface area contributed by atoms with E-state index >= 15 is 0 Å². The number of amides is 2. The molecule has 6 heteroatoms. The molecule has 2 rings (SSSR count). The number of rotatable bonds is 3. The maximum absolute atomic E-state index is 12.2. The van der Waals surface area contributed by atoms with Crippen molar-refractivity contribution in [2.24, 2.45) is 0 Å². The Kier molecular flexibility index (Phi) is 5.26. The molecule has 4 nitrogen and oxygen atoms in total. The van der Waals surface area contributed by atoms with Gasteiger partial charge >= 0.3 is 0 Å². The summed E-state index contributed by atoms with van der Waals surface area (Å²) in [6.45, 7) is 1.24. The largest absolute Gasteiger partial charge is 0.351 e. The molecule has 0 unspecified atom stereocenters. The van der Waals surface area contributed by atoms with Crippen LogP contribution in [0.3, 0.4) is 0 Å². The Labute approximate surface area is 128 Å². The minimum absolute atomic E-state index is 0.0299. The first-order valence-corrected chi connectivity index (χ1v) is 7.38. The number of likely N-dealkylation sites (tertiary alicyclic amines) is 1. The second-order valence-electron chi connectivity index (χ2n) is 4.74. The first kappa shape index (κ1) is 15.1. The minimum Gasteiger partial charge on any atom is -0.351 e. The molecule has 0 aliphatic carbocycles. The van der Waals surface area contributed by atoms with Crippen LogP contribution in [0.15, 0.2) is 30.3 Å². The Balaban J connectivity index is 1.85. The standard InChI is InChI=1S/C14H16Cl2N2O2/c15-12(16)13(19)17-11-6-8-18(9-7-11)14(20)10-4-2-1-3-5-10/h1-5,11-12H,6-9H2,(H,17,19). The van der Waals surface area contributed by atoms with Crippen LogP contribution in [0.25, 0.3) is 0 Å². The number of carbonyl (C=O) groups excluding carboxylic acids is 2. The number of alkyl halides is 2. The Morgan fingerprint density at radius 3 is 2.30 bits per heavy atom. The van der Waals surface area contributed by atoms with E-state index in [1.165, 1.54) is 0 Å². The SMILES string of the molecule is O=C(NC1CCN(C(=O)c2ccccc2)CC1)C(Cl)Cl. The molecular formula is C14H16Cl2N2O2. The molecule has 2 amide bonds. The lowest BCUT2D eigenvalue weighted by atomic mass is 10.0. The van der Waals surface area contributed by atoms with Gasteiger partial charge in [0.25, 0.3) is 11.8 Å². The van der Waals surface area contributed by atoms with Crippen molar-refractivity contribution < 1.29 is 9.59 Å². The minimum atomic E-state index is -1.04. The number of nitrogens with zero attached hydrogens (tertiary/aromatic N) is 1. The monoisotopic (exact) mass is 314 g/mol. The Morgan fingerprint density at radius 1 is 1.15 bits per heavy atom. The summed E-state index contributed by atoms with van der Waals surface area (Å²) in [6.07, 6.45) is 1.43. The van der Waals surface area contributed by atoms with Crippen molar-refractivity contribution in [3.05, 3.63) is 35.9 Å². The lowest BCUT2D eigenvalue weighted by Gasteiger charge is -2.32. The summed E-state index contributed by atoms with van der Waals surface area (Å²) < 4.78 is 0. The summed E-state index contributed by atoms with van der Waals surface area (Å²) >= 11 is 11.0. The Bertz CT molecular complexity index is 471. The van der Waals surface area contributed by atoms with E-state index in [0.717, 1.165) is 0 Å². The molecule has 1 heterocycles. The van der Waals surface area contributed by atoms with Crippen LogP contribution in [-0.4, -0.2) is 40.7 Å². The van der Waals surface area contributed by atoms with Gasteiger partial charge in [0, 0.05) is 24.7 Å². The van der Waals surface area contributed by atoms with E-state index < -0.39 is 4.84 Å². The molecule has 1 aliphatic heterocycles. The van der Waals surface area contributed by atoms with Crippen molar-refractivity contribution in [1.82, 2.24) is 10.2 Å². The van der Waals surface area contributed by atoms with E-state index in [2.05, 4.69) is 5.32 Å². The van der Waals surface area contributed by atoms with Crippen LogP contribution in [0.2, 0.25) is 0 Å². The molecular weight excluding hydrogens is 299 g/mol. The van der Waals surface area contributed by atoms with Gasteiger partial charge in [0.1, 0.15) is 0 Å². The maximum Gasteiger partial charge on any atom is 0.253 e. The van der Waals surface area contributed by atoms with E-state index in [-0.39, 0.29) is 17.9 Å². The maximum atomic E-state index is 12.2. The highest BCUT2D eigenvalue weighted by atomic mass is 35.5. The zero-order chi connectivity index (χ0) is 14.5. The van der Waals surface area contributed by atoms with Gasteiger partial charge in [-0.15, -0.1) is 0 Å². The summed E-state index contributed by atoms with van der Waals surface area (Å²) in [5, 5.41) is 2.78. The number of hydrogen-bond acceptors (Lipinski definition) is 2. The van der Waals surface area contributed by atoms with Crippen LogP contribution in [0.1, 0.15) is 23.2 Å². The van der Waals surface area contributed by atoms with Crippen LogP contribution < -0.4 is 5.32 Å². The Morgan fingerprint density at radius 2 is 1.75 bits per heavy atom. The average Bonchev–Trinajstić information content (AvgIpc) is 2.48. The van der Waals surface area contributed by atoms with Crippen molar-refractivity contribution >= 4 is 35.0 Å². The fourth-order valence-corrected chi connectivity index (χ4v) is 2.38. The van der Waals surface area contributed by atoms with E-state index in [1.54, 1.807) is 4.90 Å². The Hall–Kier alpha value is -1.26. The van der Waals surface area contributed by atoms with E-state index in [0.29, 0.717) is 31.5 Å². The van der Waals surface area contributed by atoms with Gasteiger partial charge in [0.15, 0.2) is 4.84 Å². The molecule has 0 radical (unpaired) electrons. The molecule has 1 saturated heterocycles. The number of halogens is 2. The van der Waals surface area contributed by atoms with Gasteiger partial charge in [0.05, 0.1) is 0 Å². The number of nitrogens with one attached hydrogen (secondary N) is 1. The topological polar surface area (TPSA) is 49.4 Å². The average molecular weight is 315 g/mol. The first-order chi connectivity index (χ1) is 9.58. The van der Waals surface area contributed by atoms with E-state index in [4.69, 9.17) is 23.2 Å². The summed E-state index contributed by atoms with van der Waals surface area (Å²) in [4.78, 5) is 24.4. The molecule has 0 saturated carbocycles. The van der Waals surface area contributed by atoms with Crippen molar-refractivity contribution in [2.45, 2.75) is 23.7 Å². The third-order valence-electron chi connectivity index (χ3n) is 3.35. The number of hydrogen-bond donors (Lipinski definition) is 1. The quantitative estimate of drug-likeness (QED) is 0.870. The lowest BCUT2D eigenvalue weighted by molar-refractivity contribution is -0.120. The highest BCUT2D eigenvalue weighted by molar-refractivity contribution is 6.53. The molecule has 0 bridgehead atoms. The molecule has 1 fully saturated rings. The van der Waals surface area contributed by atoms with Gasteiger partial charge in [-0.05, 0) is 25.0 Å². The number of benzene rings is 1. The van der Waals surface area contributed by atoms with Gasteiger partial charge in [0.2, 0.25) is 0 Å². The number of carbonyl (C=O) groups is 2. The second-order valence-corrected chi connectivity index (χ2v) is 5.84. The van der Waals surface area contributed by atoms with Crippen LogP contribution in [0.5, 0.6) is 0 Å². The van der Waals surface area contributed by atoms with Crippen LogP contribution in [-0.2, 0) is 4.79 Å². The molecule has 0 spiro atoms. The van der Waals surface area contributed by atoms with Crippen LogP contribution in [0, 0.1) is 0 Å². The van der Waals surface area contributed by atoms with Crippen LogP contribution >= 0.6 is 23.2 Å².